The van der Waals surface area contributed by atoms with Gasteiger partial charge in [-0.05, 0) is 91.2 Å². The summed E-state index contributed by atoms with van der Waals surface area (Å²) >= 11 is 0. The van der Waals surface area contributed by atoms with E-state index in [4.69, 9.17) is 37.9 Å². The van der Waals surface area contributed by atoms with Crippen molar-refractivity contribution < 1.29 is 72.1 Å². The Morgan fingerprint density at radius 2 is 1.46 bits per heavy atom. The van der Waals surface area contributed by atoms with Crippen LogP contribution in [0.2, 0.25) is 0 Å². The van der Waals surface area contributed by atoms with Crippen LogP contribution >= 0.6 is 0 Å². The molecule has 2 bridgehead atoms. The zero-order valence-corrected chi connectivity index (χ0v) is 41.4. The van der Waals surface area contributed by atoms with Gasteiger partial charge >= 0.3 is 24.0 Å². The van der Waals surface area contributed by atoms with E-state index in [0.717, 1.165) is 0 Å². The van der Waals surface area contributed by atoms with Crippen LogP contribution in [-0.4, -0.2) is 126 Å². The highest BCUT2D eigenvalue weighted by Crippen LogP contribution is 2.64. The highest BCUT2D eigenvalue weighted by Gasteiger charge is 2.78. The van der Waals surface area contributed by atoms with Gasteiger partial charge in [0, 0.05) is 39.4 Å². The van der Waals surface area contributed by atoms with Gasteiger partial charge in [-0.25, -0.2) is 14.4 Å². The molecule has 67 heavy (non-hydrogen) atoms. The summed E-state index contributed by atoms with van der Waals surface area (Å²) < 4.78 is 47.6. The predicted octanol–water partition coefficient (Wildman–Crippen LogP) is 6.39. The Hall–Kier alpha value is -4.71. The van der Waals surface area contributed by atoms with Crippen LogP contribution in [0.15, 0.2) is 71.8 Å². The van der Waals surface area contributed by atoms with Crippen molar-refractivity contribution in [1.29, 1.82) is 0 Å². The Kier molecular flexibility index (Phi) is 16.3. The quantitative estimate of drug-likeness (QED) is 0.120. The number of aliphatic hydroxyl groups excluding tert-OH is 1. The second-order valence-electron chi connectivity index (χ2n) is 20.2. The first-order valence-corrected chi connectivity index (χ1v) is 22.9. The molecular formula is C51H71NO15. The second kappa shape index (κ2) is 20.5. The molecule has 16 nitrogen and oxygen atoms in total. The average Bonchev–Trinajstić information content (AvgIpc) is 3.23. The number of rotatable bonds is 12. The molecule has 0 aromatic heterocycles. The van der Waals surface area contributed by atoms with E-state index in [9.17, 15) is 29.4 Å². The minimum absolute atomic E-state index is 0.121. The summed E-state index contributed by atoms with van der Waals surface area (Å²) in [6, 6.07) is 15.1. The number of benzene rings is 2. The molecule has 4 aliphatic rings. The molecule has 1 saturated heterocycles. The Morgan fingerprint density at radius 3 is 1.94 bits per heavy atom. The number of alkyl carbamates (subject to hydrolysis) is 1. The lowest BCUT2D eigenvalue weighted by Gasteiger charge is -2.67. The number of hydrogen-bond acceptors (Lipinski definition) is 15. The summed E-state index contributed by atoms with van der Waals surface area (Å²) in [5.41, 5.74) is -6.72. The molecule has 0 spiro atoms. The number of ether oxygens (including phenoxy) is 8. The van der Waals surface area contributed by atoms with Crippen LogP contribution < -0.4 is 5.32 Å². The van der Waals surface area contributed by atoms with Crippen molar-refractivity contribution in [1.82, 2.24) is 5.32 Å². The number of Topliss-reactive ketones (excluding diaryl/α,β-unsaturated/α-hetero) is 1. The second-order valence-corrected chi connectivity index (χ2v) is 20.2. The van der Waals surface area contributed by atoms with Crippen molar-refractivity contribution in [3.8, 4) is 0 Å². The van der Waals surface area contributed by atoms with Crippen LogP contribution in [-0.2, 0) is 52.3 Å². The molecule has 2 saturated carbocycles. The van der Waals surface area contributed by atoms with Gasteiger partial charge in [-0.2, -0.15) is 0 Å². The van der Waals surface area contributed by atoms with Gasteiger partial charge in [-0.1, -0.05) is 62.4 Å². The monoisotopic (exact) mass is 937 g/mol. The fourth-order valence-corrected chi connectivity index (χ4v) is 10.6. The van der Waals surface area contributed by atoms with Crippen LogP contribution in [0, 0.1) is 16.7 Å². The number of hydrogen-bond donors (Lipinski definition) is 3. The van der Waals surface area contributed by atoms with Gasteiger partial charge in [0.25, 0.3) is 0 Å². The van der Waals surface area contributed by atoms with E-state index in [1.807, 2.05) is 27.7 Å². The smallest absolute Gasteiger partial charge is 0.408 e. The third-order valence-corrected chi connectivity index (χ3v) is 13.6. The molecule has 0 radical (unpaired) electrons. The van der Waals surface area contributed by atoms with Gasteiger partial charge in [0.1, 0.15) is 35.6 Å². The average molecular weight is 938 g/mol. The lowest BCUT2D eigenvalue weighted by atomic mass is 9.44. The van der Waals surface area contributed by atoms with Gasteiger partial charge in [0.2, 0.25) is 0 Å². The highest BCUT2D eigenvalue weighted by molar-refractivity contribution is 5.94. The van der Waals surface area contributed by atoms with Crippen molar-refractivity contribution in [2.24, 2.45) is 16.7 Å². The molecule has 16 heteroatoms. The summed E-state index contributed by atoms with van der Waals surface area (Å²) in [7, 11) is 2.78. The minimum atomic E-state index is -2.22. The summed E-state index contributed by atoms with van der Waals surface area (Å²) in [6.45, 7) is 20.9. The van der Waals surface area contributed by atoms with Crippen molar-refractivity contribution in [2.45, 2.75) is 168 Å². The zero-order valence-electron chi connectivity index (χ0n) is 41.4. The number of fused-ring (bicyclic) bond motifs is 5. The maximum atomic E-state index is 15.5. The molecule has 6 rings (SSSR count). The molecule has 1 aliphatic heterocycles. The standard InChI is InChI=1S/C45H57NO14.C6H14O/c1-24-28(57-39(51)33(48)32(26-17-13-11-14-18-26)46-40(52)60-41(3,4)5)22-45(53)37(58-38(50)27-19-15-12-16-20-27)35-43(8,36(49)34(55-10)31(24)42(45,6)7)29(54-9)21-30-44(35,23-56-30)59-25(2)47;1-5(2)7-6(3)4/h11-20,28-30,32-35,37,48,53H,21-23H2,1-10H3,(H,46,52);5-6H,1-4H3/t28-,29-,30+,32+,33+,34+,35?,37-,43+,44-,45+;/m0./s1. The minimum Gasteiger partial charge on any atom is -0.456 e. The Balaban J connectivity index is 0.00000111. The van der Waals surface area contributed by atoms with Gasteiger partial charge < -0.3 is 53.4 Å². The molecule has 3 N–H and O–H groups in total. The van der Waals surface area contributed by atoms with E-state index in [0.29, 0.717) is 23.3 Å². The third-order valence-electron chi connectivity index (χ3n) is 13.6. The van der Waals surface area contributed by atoms with Crippen LogP contribution in [0.25, 0.3) is 0 Å². The molecule has 1 amide bonds. The van der Waals surface area contributed by atoms with Crippen molar-refractivity contribution in [2.75, 3.05) is 20.8 Å². The summed E-state index contributed by atoms with van der Waals surface area (Å²) in [5.74, 6) is -4.52. The van der Waals surface area contributed by atoms with Crippen LogP contribution in [0.3, 0.4) is 0 Å². The first-order chi connectivity index (χ1) is 31.2. The predicted molar refractivity (Wildman–Crippen MR) is 245 cm³/mol. The van der Waals surface area contributed by atoms with E-state index in [1.54, 1.807) is 109 Å². The maximum Gasteiger partial charge on any atom is 0.408 e. The van der Waals surface area contributed by atoms with Crippen molar-refractivity contribution >= 4 is 29.8 Å². The molecule has 3 fully saturated rings. The number of ketones is 1. The van der Waals surface area contributed by atoms with Crippen molar-refractivity contribution in [3.05, 3.63) is 82.9 Å². The Labute approximate surface area is 394 Å². The molecule has 2 aromatic carbocycles. The lowest BCUT2D eigenvalue weighted by molar-refractivity contribution is -0.347. The van der Waals surface area contributed by atoms with E-state index < -0.39 is 112 Å². The molecular weight excluding hydrogens is 867 g/mol. The molecule has 1 heterocycles. The maximum absolute atomic E-state index is 15.5. The fraction of sp³-hybridized carbons (Fsp3) is 0.627. The number of carbonyl (C=O) groups excluding carboxylic acids is 5. The Morgan fingerprint density at radius 1 is 0.881 bits per heavy atom. The SMILES string of the molecule is CC(C)OC(C)C.CO[C@H]1C(=O)[C@@]2(C)C([C@H](OC(=O)c3ccccc3)[C@]3(O)C[C@H](OC(=O)[C@H](O)[C@H](NC(=O)OC(C)(C)C)c4ccccc4)C(C)=C1C3(C)C)[C@]1(OC(C)=O)CO[C@@H]1C[C@@H]2OC. The largest absolute Gasteiger partial charge is 0.456 e. The van der Waals surface area contributed by atoms with Gasteiger partial charge in [0.05, 0.1) is 47.9 Å². The number of amides is 1. The van der Waals surface area contributed by atoms with Gasteiger partial charge in [0.15, 0.2) is 17.5 Å². The Bertz CT molecular complexity index is 2130. The van der Waals surface area contributed by atoms with Crippen molar-refractivity contribution in [3.63, 3.8) is 0 Å². The van der Waals surface area contributed by atoms with E-state index in [1.165, 1.54) is 21.1 Å². The third kappa shape index (κ3) is 10.5. The lowest BCUT2D eigenvalue weighted by Crippen LogP contribution is -2.82. The molecule has 370 valence electrons. The highest BCUT2D eigenvalue weighted by atomic mass is 16.6. The number of carbonyl (C=O) groups is 5. The van der Waals surface area contributed by atoms with Crippen LogP contribution in [0.5, 0.6) is 0 Å². The first kappa shape index (κ1) is 53.2. The van der Waals surface area contributed by atoms with E-state index in [-0.39, 0.29) is 24.2 Å². The molecule has 3 aliphatic carbocycles. The fourth-order valence-electron chi connectivity index (χ4n) is 10.6. The van der Waals surface area contributed by atoms with Crippen LogP contribution in [0.4, 0.5) is 4.79 Å². The number of nitrogens with one attached hydrogen (secondary N) is 1. The summed E-state index contributed by atoms with van der Waals surface area (Å²) in [4.78, 5) is 70.1. The van der Waals surface area contributed by atoms with E-state index in [2.05, 4.69) is 5.32 Å². The number of aliphatic hydroxyl groups is 2. The zero-order chi connectivity index (χ0) is 50.0. The van der Waals surface area contributed by atoms with Gasteiger partial charge in [-0.15, -0.1) is 0 Å². The first-order valence-electron chi connectivity index (χ1n) is 22.9. The molecule has 11 atom stereocenters. The normalized spacial score (nSPS) is 30.7. The summed E-state index contributed by atoms with van der Waals surface area (Å²) in [5, 5.41) is 28.0. The molecule has 1 unspecified atom stereocenters. The summed E-state index contributed by atoms with van der Waals surface area (Å²) in [6.07, 6.45) is -8.56. The molecule has 2 aromatic rings. The van der Waals surface area contributed by atoms with E-state index >= 15 is 4.79 Å². The van der Waals surface area contributed by atoms with Gasteiger partial charge in [-0.3, -0.25) is 9.59 Å². The number of esters is 3. The topological polar surface area (TPSA) is 212 Å². The van der Waals surface area contributed by atoms with Crippen LogP contribution in [0.1, 0.15) is 118 Å². The number of methoxy groups -OCH3 is 2.